The molecule has 0 saturated heterocycles. The van der Waals surface area contributed by atoms with Gasteiger partial charge in [0.25, 0.3) is 5.91 Å². The molecule has 5 nitrogen and oxygen atoms in total. The van der Waals surface area contributed by atoms with Crippen molar-refractivity contribution >= 4 is 11.9 Å². The van der Waals surface area contributed by atoms with Gasteiger partial charge in [-0.15, -0.1) is 6.58 Å². The summed E-state index contributed by atoms with van der Waals surface area (Å²) in [6.07, 6.45) is 1.70. The summed E-state index contributed by atoms with van der Waals surface area (Å²) < 4.78 is 6.94. The Labute approximate surface area is 154 Å². The lowest BCUT2D eigenvalue weighted by atomic mass is 10.1. The third-order valence-corrected chi connectivity index (χ3v) is 4.35. The van der Waals surface area contributed by atoms with Crippen LogP contribution in [0.15, 0.2) is 36.9 Å². The first-order valence-electron chi connectivity index (χ1n) is 8.72. The summed E-state index contributed by atoms with van der Waals surface area (Å²) in [6, 6.07) is 8.00. The summed E-state index contributed by atoms with van der Waals surface area (Å²) in [5.41, 5.74) is 4.48. The third kappa shape index (κ3) is 4.04. The zero-order valence-corrected chi connectivity index (χ0v) is 15.9. The molecule has 0 aliphatic rings. The number of esters is 1. The lowest BCUT2D eigenvalue weighted by molar-refractivity contribution is 0.0513. The zero-order valence-electron chi connectivity index (χ0n) is 15.9. The minimum atomic E-state index is -0.424. The number of ether oxygens (including phenoxy) is 1. The number of nitrogens with one attached hydrogen (secondary N) is 1. The molecule has 0 bridgehead atoms. The Hall–Kier alpha value is -2.82. The van der Waals surface area contributed by atoms with Crippen LogP contribution >= 0.6 is 0 Å². The fraction of sp³-hybridized carbons (Fsp3) is 0.333. The molecule has 0 spiro atoms. The van der Waals surface area contributed by atoms with Gasteiger partial charge in [-0.2, -0.15) is 0 Å². The number of hydrogen-bond acceptors (Lipinski definition) is 3. The fourth-order valence-corrected chi connectivity index (χ4v) is 3.03. The first-order valence-corrected chi connectivity index (χ1v) is 8.72. The minimum Gasteiger partial charge on any atom is -0.461 e. The maximum absolute atomic E-state index is 12.8. The van der Waals surface area contributed by atoms with E-state index in [0.717, 1.165) is 11.3 Å². The van der Waals surface area contributed by atoms with E-state index >= 15 is 0 Å². The highest BCUT2D eigenvalue weighted by Gasteiger charge is 2.26. The van der Waals surface area contributed by atoms with Gasteiger partial charge in [0.15, 0.2) is 0 Å². The number of nitrogens with zero attached hydrogens (tertiary/aromatic N) is 1. The normalized spacial score (nSPS) is 10.5. The number of aromatic nitrogens is 1. The van der Waals surface area contributed by atoms with Gasteiger partial charge in [-0.25, -0.2) is 4.79 Å². The number of carbonyl (C=O) groups excluding carboxylic acids is 2. The Morgan fingerprint density at radius 1 is 1.19 bits per heavy atom. The van der Waals surface area contributed by atoms with Crippen molar-refractivity contribution in [1.82, 2.24) is 9.88 Å². The van der Waals surface area contributed by atoms with Crippen molar-refractivity contribution < 1.29 is 14.3 Å². The van der Waals surface area contributed by atoms with Gasteiger partial charge in [-0.3, -0.25) is 4.79 Å². The van der Waals surface area contributed by atoms with Crippen LogP contribution in [-0.4, -0.2) is 23.1 Å². The molecule has 138 valence electrons. The predicted octanol–water partition coefficient (Wildman–Crippen LogP) is 3.71. The van der Waals surface area contributed by atoms with Gasteiger partial charge < -0.3 is 14.6 Å². The van der Waals surface area contributed by atoms with Crippen LogP contribution in [0.25, 0.3) is 0 Å². The summed E-state index contributed by atoms with van der Waals surface area (Å²) in [4.78, 5) is 25.1. The largest absolute Gasteiger partial charge is 0.461 e. The van der Waals surface area contributed by atoms with E-state index in [4.69, 9.17) is 4.74 Å². The quantitative estimate of drug-likeness (QED) is 0.609. The van der Waals surface area contributed by atoms with Crippen LogP contribution < -0.4 is 5.32 Å². The minimum absolute atomic E-state index is 0.200. The smallest absolute Gasteiger partial charge is 0.355 e. The molecule has 2 aromatic rings. The van der Waals surface area contributed by atoms with Crippen molar-refractivity contribution in [3.8, 4) is 0 Å². The third-order valence-electron chi connectivity index (χ3n) is 4.35. The summed E-state index contributed by atoms with van der Waals surface area (Å²) in [5.74, 6) is -0.624. The molecular formula is C21H26N2O3. The Kier molecular flexibility index (Phi) is 6.39. The zero-order chi connectivity index (χ0) is 19.3. The van der Waals surface area contributed by atoms with E-state index < -0.39 is 5.97 Å². The molecular weight excluding hydrogens is 328 g/mol. The molecule has 1 aromatic heterocycles. The molecule has 1 N–H and O–H groups in total. The topological polar surface area (TPSA) is 60.3 Å². The van der Waals surface area contributed by atoms with Crippen molar-refractivity contribution in [2.75, 3.05) is 6.61 Å². The highest BCUT2D eigenvalue weighted by Crippen LogP contribution is 2.23. The number of aryl methyl sites for hydroxylation is 1. The monoisotopic (exact) mass is 354 g/mol. The molecule has 0 aliphatic carbocycles. The van der Waals surface area contributed by atoms with Crippen LogP contribution in [0.1, 0.15) is 50.2 Å². The summed E-state index contributed by atoms with van der Waals surface area (Å²) in [7, 11) is 0. The fourth-order valence-electron chi connectivity index (χ4n) is 3.03. The molecule has 0 unspecified atom stereocenters. The van der Waals surface area contributed by atoms with E-state index in [9.17, 15) is 9.59 Å². The van der Waals surface area contributed by atoms with E-state index in [0.29, 0.717) is 29.9 Å². The average Bonchev–Trinajstić information content (AvgIpc) is 2.85. The number of hydrogen-bond donors (Lipinski definition) is 1. The summed E-state index contributed by atoms with van der Waals surface area (Å²) >= 11 is 0. The van der Waals surface area contributed by atoms with Gasteiger partial charge in [0, 0.05) is 18.8 Å². The standard InChI is InChI=1S/C21H26N2O3/c1-6-12-23-16(5)18(15(4)19(23)21(25)26-7-2)20(24)22-13-17-10-8-14(3)9-11-17/h6,8-11H,1,7,12-13H2,2-5H3,(H,22,24). The molecule has 5 heteroatoms. The Balaban J connectivity index is 2.30. The summed E-state index contributed by atoms with van der Waals surface area (Å²) in [6.45, 7) is 12.3. The second-order valence-electron chi connectivity index (χ2n) is 6.22. The van der Waals surface area contributed by atoms with Crippen LogP contribution in [-0.2, 0) is 17.8 Å². The highest BCUT2D eigenvalue weighted by molar-refractivity contribution is 6.01. The lowest BCUT2D eigenvalue weighted by Gasteiger charge is -2.09. The number of rotatable bonds is 7. The van der Waals surface area contributed by atoms with Gasteiger partial charge in [0.2, 0.25) is 0 Å². The van der Waals surface area contributed by atoms with E-state index in [1.54, 1.807) is 24.5 Å². The van der Waals surface area contributed by atoms with Gasteiger partial charge in [0.05, 0.1) is 12.2 Å². The van der Waals surface area contributed by atoms with Crippen LogP contribution in [0, 0.1) is 20.8 Å². The molecule has 1 amide bonds. The number of amides is 1. The van der Waals surface area contributed by atoms with Crippen molar-refractivity contribution in [3.63, 3.8) is 0 Å². The predicted molar refractivity (Wildman–Crippen MR) is 102 cm³/mol. The van der Waals surface area contributed by atoms with Crippen LogP contribution in [0.2, 0.25) is 0 Å². The Bertz CT molecular complexity index is 817. The Morgan fingerprint density at radius 3 is 2.42 bits per heavy atom. The van der Waals surface area contributed by atoms with Crippen molar-refractivity contribution in [3.05, 3.63) is 70.6 Å². The number of allylic oxidation sites excluding steroid dienone is 1. The first-order chi connectivity index (χ1) is 12.4. The maximum Gasteiger partial charge on any atom is 0.355 e. The average molecular weight is 354 g/mol. The van der Waals surface area contributed by atoms with Crippen LogP contribution in [0.4, 0.5) is 0 Å². The molecule has 0 aliphatic heterocycles. The van der Waals surface area contributed by atoms with Gasteiger partial charge in [0.1, 0.15) is 5.69 Å². The number of carbonyl (C=O) groups is 2. The molecule has 0 fully saturated rings. The molecule has 1 heterocycles. The molecule has 0 saturated carbocycles. The van der Waals surface area contributed by atoms with Crippen molar-refractivity contribution in [1.29, 1.82) is 0 Å². The molecule has 0 radical (unpaired) electrons. The van der Waals surface area contributed by atoms with Gasteiger partial charge in [-0.05, 0) is 38.8 Å². The second-order valence-corrected chi connectivity index (χ2v) is 6.22. The van der Waals surface area contributed by atoms with E-state index in [2.05, 4.69) is 11.9 Å². The first kappa shape index (κ1) is 19.5. The van der Waals surface area contributed by atoms with Gasteiger partial charge in [-0.1, -0.05) is 35.9 Å². The molecule has 0 atom stereocenters. The van der Waals surface area contributed by atoms with Gasteiger partial charge >= 0.3 is 5.97 Å². The van der Waals surface area contributed by atoms with Crippen molar-refractivity contribution in [2.45, 2.75) is 40.8 Å². The SMILES string of the molecule is C=CCn1c(C)c(C(=O)NCc2ccc(C)cc2)c(C)c1C(=O)OCC. The number of benzene rings is 1. The maximum atomic E-state index is 12.8. The molecule has 1 aromatic carbocycles. The van der Waals surface area contributed by atoms with E-state index in [1.165, 1.54) is 5.56 Å². The Morgan fingerprint density at radius 2 is 1.85 bits per heavy atom. The molecule has 26 heavy (non-hydrogen) atoms. The highest BCUT2D eigenvalue weighted by atomic mass is 16.5. The van der Waals surface area contributed by atoms with Crippen LogP contribution in [0.3, 0.4) is 0 Å². The van der Waals surface area contributed by atoms with E-state index in [-0.39, 0.29) is 12.5 Å². The molecule has 2 rings (SSSR count). The lowest BCUT2D eigenvalue weighted by Crippen LogP contribution is -2.24. The van der Waals surface area contributed by atoms with Crippen molar-refractivity contribution in [2.24, 2.45) is 0 Å². The van der Waals surface area contributed by atoms with E-state index in [1.807, 2.05) is 38.1 Å². The second kappa shape index (κ2) is 8.52. The summed E-state index contributed by atoms with van der Waals surface area (Å²) in [5, 5.41) is 2.94. The van der Waals surface area contributed by atoms with Crippen LogP contribution in [0.5, 0.6) is 0 Å².